The molecule has 10 nitrogen and oxygen atoms in total. The molecule has 0 unspecified atom stereocenters. The van der Waals surface area contributed by atoms with Gasteiger partial charge in [-0.3, -0.25) is 9.69 Å². The summed E-state index contributed by atoms with van der Waals surface area (Å²) in [5, 5.41) is 2.91. The Kier molecular flexibility index (Phi) is 10.2. The van der Waals surface area contributed by atoms with Crippen molar-refractivity contribution < 1.29 is 28.2 Å². The van der Waals surface area contributed by atoms with Crippen molar-refractivity contribution >= 4 is 17.6 Å². The van der Waals surface area contributed by atoms with Crippen LogP contribution in [0.1, 0.15) is 11.3 Å². The van der Waals surface area contributed by atoms with Crippen molar-refractivity contribution in [1.82, 2.24) is 14.7 Å². The van der Waals surface area contributed by atoms with Crippen molar-refractivity contribution in [2.45, 2.75) is 13.1 Å². The number of carbonyl (C=O) groups excluding carboxylic acids is 2. The van der Waals surface area contributed by atoms with Crippen LogP contribution in [-0.4, -0.2) is 86.8 Å². The number of methoxy groups -OCH3 is 2. The van der Waals surface area contributed by atoms with E-state index in [1.54, 1.807) is 54.5 Å². The number of nitrogens with one attached hydrogen (secondary N) is 1. The van der Waals surface area contributed by atoms with Crippen LogP contribution in [0.4, 0.5) is 10.5 Å². The standard InChI is InChI=1S/C29H36N4O6/c1-36-26-17-24(18-27(19-26)37-2)30-29(35)32(11-10-31-12-15-38-16-13-31)22-28(34)33(21-25-9-6-14-39-25)20-23-7-4-3-5-8-23/h3-9,14,17-19H,10-13,15-16,20-22H2,1-2H3,(H,30,35). The van der Waals surface area contributed by atoms with Gasteiger partial charge in [0.1, 0.15) is 23.8 Å². The molecule has 0 spiro atoms. The molecular weight excluding hydrogens is 500 g/mol. The highest BCUT2D eigenvalue weighted by Crippen LogP contribution is 2.26. The van der Waals surface area contributed by atoms with Gasteiger partial charge in [-0.05, 0) is 17.7 Å². The van der Waals surface area contributed by atoms with Gasteiger partial charge in [0.05, 0.1) is 40.2 Å². The van der Waals surface area contributed by atoms with Crippen molar-refractivity contribution in [3.8, 4) is 11.5 Å². The van der Waals surface area contributed by atoms with Gasteiger partial charge in [-0.15, -0.1) is 0 Å². The molecule has 1 saturated heterocycles. The van der Waals surface area contributed by atoms with Crippen LogP contribution in [0.25, 0.3) is 0 Å². The lowest BCUT2D eigenvalue weighted by Crippen LogP contribution is -2.48. The molecule has 3 aromatic rings. The molecule has 10 heteroatoms. The van der Waals surface area contributed by atoms with Crippen molar-refractivity contribution in [3.05, 3.63) is 78.3 Å². The highest BCUT2D eigenvalue weighted by Gasteiger charge is 2.24. The van der Waals surface area contributed by atoms with Gasteiger partial charge < -0.3 is 33.7 Å². The van der Waals surface area contributed by atoms with E-state index < -0.39 is 0 Å². The van der Waals surface area contributed by atoms with E-state index in [1.165, 1.54) is 0 Å². The molecule has 1 fully saturated rings. The van der Waals surface area contributed by atoms with Gasteiger partial charge in [0.2, 0.25) is 5.91 Å². The number of carbonyl (C=O) groups is 2. The molecule has 1 aliphatic heterocycles. The number of rotatable bonds is 12. The van der Waals surface area contributed by atoms with E-state index in [-0.39, 0.29) is 18.5 Å². The lowest BCUT2D eigenvalue weighted by atomic mass is 10.2. The minimum Gasteiger partial charge on any atom is -0.497 e. The highest BCUT2D eigenvalue weighted by atomic mass is 16.5. The summed E-state index contributed by atoms with van der Waals surface area (Å²) < 4.78 is 21.6. The Morgan fingerprint density at radius 3 is 2.28 bits per heavy atom. The van der Waals surface area contributed by atoms with Gasteiger partial charge in [0, 0.05) is 56.6 Å². The fraction of sp³-hybridized carbons (Fsp3) is 0.379. The summed E-state index contributed by atoms with van der Waals surface area (Å²) in [6.07, 6.45) is 1.59. The van der Waals surface area contributed by atoms with Crippen LogP contribution in [0.3, 0.4) is 0 Å². The van der Waals surface area contributed by atoms with Crippen LogP contribution < -0.4 is 14.8 Å². The van der Waals surface area contributed by atoms with Crippen molar-refractivity contribution in [3.63, 3.8) is 0 Å². The molecule has 0 radical (unpaired) electrons. The first-order chi connectivity index (χ1) is 19.0. The molecule has 4 rings (SSSR count). The second kappa shape index (κ2) is 14.2. The maximum absolute atomic E-state index is 13.7. The first-order valence-electron chi connectivity index (χ1n) is 13.0. The molecule has 0 atom stereocenters. The summed E-state index contributed by atoms with van der Waals surface area (Å²) in [7, 11) is 3.10. The number of hydrogen-bond donors (Lipinski definition) is 1. The maximum Gasteiger partial charge on any atom is 0.322 e. The van der Waals surface area contributed by atoms with Crippen molar-refractivity contribution in [1.29, 1.82) is 0 Å². The lowest BCUT2D eigenvalue weighted by Gasteiger charge is -2.31. The van der Waals surface area contributed by atoms with E-state index >= 15 is 0 Å². The quantitative estimate of drug-likeness (QED) is 0.377. The number of amides is 3. The monoisotopic (exact) mass is 536 g/mol. The van der Waals surface area contributed by atoms with E-state index in [0.717, 1.165) is 18.7 Å². The molecule has 1 aliphatic rings. The van der Waals surface area contributed by atoms with Crippen LogP contribution in [-0.2, 0) is 22.6 Å². The Hall–Kier alpha value is -4.02. The van der Waals surface area contributed by atoms with Gasteiger partial charge in [0.25, 0.3) is 0 Å². The maximum atomic E-state index is 13.7. The highest BCUT2D eigenvalue weighted by molar-refractivity contribution is 5.92. The van der Waals surface area contributed by atoms with Crippen LogP contribution in [0, 0.1) is 0 Å². The normalized spacial score (nSPS) is 13.5. The summed E-state index contributed by atoms with van der Waals surface area (Å²) in [6.45, 7) is 4.49. The number of furan rings is 1. The first-order valence-corrected chi connectivity index (χ1v) is 13.0. The Balaban J connectivity index is 1.51. The Bertz CT molecular complexity index is 1160. The fourth-order valence-corrected chi connectivity index (χ4v) is 4.31. The number of anilines is 1. The van der Waals surface area contributed by atoms with Gasteiger partial charge in [-0.1, -0.05) is 30.3 Å². The van der Waals surface area contributed by atoms with E-state index in [1.807, 2.05) is 36.4 Å². The second-order valence-electron chi connectivity index (χ2n) is 9.22. The fourth-order valence-electron chi connectivity index (χ4n) is 4.31. The number of morpholine rings is 1. The summed E-state index contributed by atoms with van der Waals surface area (Å²) in [6, 6.07) is 18.2. The Morgan fingerprint density at radius 2 is 1.64 bits per heavy atom. The Morgan fingerprint density at radius 1 is 0.923 bits per heavy atom. The number of ether oxygens (including phenoxy) is 3. The SMILES string of the molecule is COc1cc(NC(=O)N(CCN2CCOCC2)CC(=O)N(Cc2ccccc2)Cc2ccco2)cc(OC)c1. The molecule has 208 valence electrons. The topological polar surface area (TPSA) is 96.7 Å². The van der Waals surface area contributed by atoms with E-state index in [2.05, 4.69) is 10.2 Å². The predicted octanol–water partition coefficient (Wildman–Crippen LogP) is 3.69. The van der Waals surface area contributed by atoms with Gasteiger partial charge >= 0.3 is 6.03 Å². The molecule has 0 aliphatic carbocycles. The summed E-state index contributed by atoms with van der Waals surface area (Å²) in [5.41, 5.74) is 1.50. The predicted molar refractivity (Wildman–Crippen MR) is 147 cm³/mol. The first kappa shape index (κ1) is 28.0. The number of urea groups is 1. The second-order valence-corrected chi connectivity index (χ2v) is 9.22. The minimum atomic E-state index is -0.385. The molecule has 39 heavy (non-hydrogen) atoms. The van der Waals surface area contributed by atoms with E-state index in [9.17, 15) is 9.59 Å². The molecular formula is C29H36N4O6. The zero-order valence-corrected chi connectivity index (χ0v) is 22.5. The molecule has 0 saturated carbocycles. The molecule has 1 N–H and O–H groups in total. The van der Waals surface area contributed by atoms with E-state index in [4.69, 9.17) is 18.6 Å². The van der Waals surface area contributed by atoms with Gasteiger partial charge in [0.15, 0.2) is 0 Å². The smallest absolute Gasteiger partial charge is 0.322 e. The third kappa shape index (κ3) is 8.49. The van der Waals surface area contributed by atoms with Crippen LogP contribution in [0.2, 0.25) is 0 Å². The average molecular weight is 537 g/mol. The number of nitrogens with zero attached hydrogens (tertiary/aromatic N) is 3. The number of hydrogen-bond acceptors (Lipinski definition) is 7. The molecule has 3 amide bonds. The number of benzene rings is 2. The van der Waals surface area contributed by atoms with Gasteiger partial charge in [-0.25, -0.2) is 4.79 Å². The summed E-state index contributed by atoms with van der Waals surface area (Å²) >= 11 is 0. The van der Waals surface area contributed by atoms with Gasteiger partial charge in [-0.2, -0.15) is 0 Å². The molecule has 0 bridgehead atoms. The zero-order valence-electron chi connectivity index (χ0n) is 22.5. The van der Waals surface area contributed by atoms with Crippen molar-refractivity contribution in [2.75, 3.05) is 65.5 Å². The lowest BCUT2D eigenvalue weighted by molar-refractivity contribution is -0.133. The van der Waals surface area contributed by atoms with E-state index in [0.29, 0.717) is 62.3 Å². The molecule has 2 aromatic carbocycles. The average Bonchev–Trinajstić information content (AvgIpc) is 3.48. The zero-order chi connectivity index (χ0) is 27.5. The van der Waals surface area contributed by atoms with Crippen LogP contribution in [0.15, 0.2) is 71.3 Å². The molecule has 2 heterocycles. The van der Waals surface area contributed by atoms with Crippen LogP contribution >= 0.6 is 0 Å². The summed E-state index contributed by atoms with van der Waals surface area (Å²) in [5.74, 6) is 1.59. The summed E-state index contributed by atoms with van der Waals surface area (Å²) in [4.78, 5) is 32.7. The largest absolute Gasteiger partial charge is 0.497 e. The Labute approximate surface area is 229 Å². The third-order valence-electron chi connectivity index (χ3n) is 6.50. The molecule has 1 aromatic heterocycles. The third-order valence-corrected chi connectivity index (χ3v) is 6.50. The van der Waals surface area contributed by atoms with Crippen LogP contribution in [0.5, 0.6) is 11.5 Å². The van der Waals surface area contributed by atoms with Crippen molar-refractivity contribution in [2.24, 2.45) is 0 Å². The minimum absolute atomic E-state index is 0.0924.